The van der Waals surface area contributed by atoms with Gasteiger partial charge in [0.15, 0.2) is 11.5 Å². The Morgan fingerprint density at radius 1 is 1.08 bits per heavy atom. The molecule has 0 saturated carbocycles. The van der Waals surface area contributed by atoms with Crippen molar-refractivity contribution in [3.63, 3.8) is 0 Å². The highest BCUT2D eigenvalue weighted by atomic mass is 16.5. The molecule has 1 aliphatic rings. The van der Waals surface area contributed by atoms with Crippen molar-refractivity contribution in [2.75, 3.05) is 46.9 Å². The Kier molecular flexibility index (Phi) is 5.55. The van der Waals surface area contributed by atoms with Gasteiger partial charge in [-0.05, 0) is 18.2 Å². The quantitative estimate of drug-likeness (QED) is 0.792. The molecule has 0 aliphatic carbocycles. The summed E-state index contributed by atoms with van der Waals surface area (Å²) < 4.78 is 12.6. The largest absolute Gasteiger partial charge is 0.493 e. The highest BCUT2D eigenvalue weighted by molar-refractivity contribution is 5.95. The van der Waals surface area contributed by atoms with Crippen LogP contribution in [0.4, 0.5) is 0 Å². The minimum atomic E-state index is 0.0372. The number of ether oxygens (including phenoxy) is 2. The molecule has 0 spiro atoms. The van der Waals surface area contributed by atoms with Crippen molar-refractivity contribution in [3.8, 4) is 11.5 Å². The van der Waals surface area contributed by atoms with Gasteiger partial charge in [-0.15, -0.1) is 0 Å². The van der Waals surface area contributed by atoms with Gasteiger partial charge in [0, 0.05) is 57.2 Å². The highest BCUT2D eigenvalue weighted by Crippen LogP contribution is 2.28. The van der Waals surface area contributed by atoms with Crippen LogP contribution in [-0.2, 0) is 6.54 Å². The Bertz CT molecular complexity index is 694. The lowest BCUT2D eigenvalue weighted by Crippen LogP contribution is -2.49. The van der Waals surface area contributed by atoms with Gasteiger partial charge in [0.25, 0.3) is 5.91 Å². The molecule has 134 valence electrons. The van der Waals surface area contributed by atoms with E-state index in [2.05, 4.69) is 14.5 Å². The van der Waals surface area contributed by atoms with E-state index in [1.165, 1.54) is 0 Å². The van der Waals surface area contributed by atoms with Gasteiger partial charge in [-0.3, -0.25) is 9.69 Å². The van der Waals surface area contributed by atoms with Crippen LogP contribution in [0.1, 0.15) is 10.4 Å². The van der Waals surface area contributed by atoms with Crippen molar-refractivity contribution in [2.24, 2.45) is 0 Å². The maximum absolute atomic E-state index is 12.7. The SMILES string of the molecule is COc1ccc(C(=O)N2CCN(CCn3ccnc3)CC2)cc1OC. The summed E-state index contributed by atoms with van der Waals surface area (Å²) in [6.07, 6.45) is 5.59. The van der Waals surface area contributed by atoms with E-state index in [-0.39, 0.29) is 5.91 Å². The van der Waals surface area contributed by atoms with Gasteiger partial charge in [-0.1, -0.05) is 0 Å². The summed E-state index contributed by atoms with van der Waals surface area (Å²) in [6, 6.07) is 5.30. The molecule has 1 aromatic carbocycles. The second-order valence-electron chi connectivity index (χ2n) is 6.00. The zero-order valence-electron chi connectivity index (χ0n) is 14.7. The standard InChI is InChI=1S/C18H24N4O3/c1-24-16-4-3-15(13-17(16)25-2)18(23)22-11-9-20(10-12-22)7-8-21-6-5-19-14-21/h3-6,13-14H,7-12H2,1-2H3. The number of hydrogen-bond acceptors (Lipinski definition) is 5. The maximum atomic E-state index is 12.7. The van der Waals surface area contributed by atoms with Gasteiger partial charge in [-0.2, -0.15) is 0 Å². The number of amides is 1. The summed E-state index contributed by atoms with van der Waals surface area (Å²) >= 11 is 0. The van der Waals surface area contributed by atoms with Crippen LogP contribution in [0.5, 0.6) is 11.5 Å². The Balaban J connectivity index is 1.54. The molecule has 0 atom stereocenters. The van der Waals surface area contributed by atoms with Crippen LogP contribution in [0.2, 0.25) is 0 Å². The molecule has 1 aromatic heterocycles. The number of carbonyl (C=O) groups is 1. The molecule has 7 nitrogen and oxygen atoms in total. The summed E-state index contributed by atoms with van der Waals surface area (Å²) in [5, 5.41) is 0. The molecule has 0 bridgehead atoms. The molecule has 1 aliphatic heterocycles. The number of imidazole rings is 1. The monoisotopic (exact) mass is 344 g/mol. The molecule has 1 saturated heterocycles. The molecule has 2 aromatic rings. The zero-order chi connectivity index (χ0) is 17.6. The van der Waals surface area contributed by atoms with E-state index in [1.807, 2.05) is 17.4 Å². The van der Waals surface area contributed by atoms with Gasteiger partial charge in [0.1, 0.15) is 0 Å². The normalized spacial score (nSPS) is 15.2. The summed E-state index contributed by atoms with van der Waals surface area (Å²) in [5.74, 6) is 1.24. The van der Waals surface area contributed by atoms with Crippen LogP contribution < -0.4 is 9.47 Å². The Hall–Kier alpha value is -2.54. The van der Waals surface area contributed by atoms with Crippen LogP contribution >= 0.6 is 0 Å². The first-order chi connectivity index (χ1) is 12.2. The number of aromatic nitrogens is 2. The lowest BCUT2D eigenvalue weighted by atomic mass is 10.1. The predicted octanol–water partition coefficient (Wildman–Crippen LogP) is 1.36. The van der Waals surface area contributed by atoms with Crippen LogP contribution in [0, 0.1) is 0 Å². The predicted molar refractivity (Wildman–Crippen MR) is 94.1 cm³/mol. The van der Waals surface area contributed by atoms with Gasteiger partial charge >= 0.3 is 0 Å². The van der Waals surface area contributed by atoms with E-state index in [1.54, 1.807) is 38.6 Å². The molecular weight excluding hydrogens is 320 g/mol. The second kappa shape index (κ2) is 8.02. The number of rotatable bonds is 6. The Morgan fingerprint density at radius 2 is 1.84 bits per heavy atom. The summed E-state index contributed by atoms with van der Waals surface area (Å²) in [4.78, 5) is 21.0. The number of piperazine rings is 1. The van der Waals surface area contributed by atoms with E-state index >= 15 is 0 Å². The average molecular weight is 344 g/mol. The molecule has 7 heteroatoms. The number of benzene rings is 1. The number of hydrogen-bond donors (Lipinski definition) is 0. The van der Waals surface area contributed by atoms with E-state index < -0.39 is 0 Å². The smallest absolute Gasteiger partial charge is 0.254 e. The van der Waals surface area contributed by atoms with Crippen molar-refractivity contribution < 1.29 is 14.3 Å². The molecule has 2 heterocycles. The van der Waals surface area contributed by atoms with Crippen molar-refractivity contribution in [1.82, 2.24) is 19.4 Å². The number of nitrogens with zero attached hydrogens (tertiary/aromatic N) is 4. The maximum Gasteiger partial charge on any atom is 0.254 e. The lowest BCUT2D eigenvalue weighted by Gasteiger charge is -2.34. The summed E-state index contributed by atoms with van der Waals surface area (Å²) in [5.41, 5.74) is 0.629. The molecule has 0 N–H and O–H groups in total. The molecule has 0 radical (unpaired) electrons. The first kappa shape index (κ1) is 17.3. The topological polar surface area (TPSA) is 59.8 Å². The number of methoxy groups -OCH3 is 2. The van der Waals surface area contributed by atoms with E-state index in [0.29, 0.717) is 17.1 Å². The van der Waals surface area contributed by atoms with Crippen molar-refractivity contribution in [2.45, 2.75) is 6.54 Å². The molecule has 25 heavy (non-hydrogen) atoms. The van der Waals surface area contributed by atoms with E-state index in [4.69, 9.17) is 9.47 Å². The van der Waals surface area contributed by atoms with Crippen LogP contribution in [0.25, 0.3) is 0 Å². The number of carbonyl (C=O) groups excluding carboxylic acids is 1. The Morgan fingerprint density at radius 3 is 2.48 bits per heavy atom. The highest BCUT2D eigenvalue weighted by Gasteiger charge is 2.22. The van der Waals surface area contributed by atoms with Gasteiger partial charge < -0.3 is 18.9 Å². The lowest BCUT2D eigenvalue weighted by molar-refractivity contribution is 0.0633. The molecule has 3 rings (SSSR count). The van der Waals surface area contributed by atoms with Crippen molar-refractivity contribution in [3.05, 3.63) is 42.5 Å². The third-order valence-electron chi connectivity index (χ3n) is 4.52. The molecule has 0 unspecified atom stereocenters. The summed E-state index contributed by atoms with van der Waals surface area (Å²) in [7, 11) is 3.16. The third kappa shape index (κ3) is 4.11. The van der Waals surface area contributed by atoms with Crippen LogP contribution in [-0.4, -0.2) is 72.2 Å². The van der Waals surface area contributed by atoms with Crippen LogP contribution in [0.15, 0.2) is 36.9 Å². The molecular formula is C18H24N4O3. The van der Waals surface area contributed by atoms with E-state index in [9.17, 15) is 4.79 Å². The first-order valence-corrected chi connectivity index (χ1v) is 8.40. The average Bonchev–Trinajstić information content (AvgIpc) is 3.19. The fourth-order valence-electron chi connectivity index (χ4n) is 3.00. The molecule has 1 amide bonds. The van der Waals surface area contributed by atoms with E-state index in [0.717, 1.165) is 39.3 Å². The first-order valence-electron chi connectivity index (χ1n) is 8.40. The fourth-order valence-corrected chi connectivity index (χ4v) is 3.00. The Labute approximate surface area is 147 Å². The fraction of sp³-hybridized carbons (Fsp3) is 0.444. The minimum Gasteiger partial charge on any atom is -0.493 e. The van der Waals surface area contributed by atoms with Gasteiger partial charge in [-0.25, -0.2) is 4.98 Å². The van der Waals surface area contributed by atoms with Crippen molar-refractivity contribution >= 4 is 5.91 Å². The van der Waals surface area contributed by atoms with Crippen molar-refractivity contribution in [1.29, 1.82) is 0 Å². The second-order valence-corrected chi connectivity index (χ2v) is 6.00. The summed E-state index contributed by atoms with van der Waals surface area (Å²) in [6.45, 7) is 5.12. The van der Waals surface area contributed by atoms with Gasteiger partial charge in [0.05, 0.1) is 20.5 Å². The van der Waals surface area contributed by atoms with Gasteiger partial charge in [0.2, 0.25) is 0 Å². The zero-order valence-corrected chi connectivity index (χ0v) is 14.7. The minimum absolute atomic E-state index is 0.0372. The van der Waals surface area contributed by atoms with Crippen LogP contribution in [0.3, 0.4) is 0 Å². The third-order valence-corrected chi connectivity index (χ3v) is 4.52. The molecule has 1 fully saturated rings.